The Morgan fingerprint density at radius 3 is 2.47 bits per heavy atom. The van der Waals surface area contributed by atoms with Crippen LogP contribution in [0, 0.1) is 6.92 Å². The molecule has 5 nitrogen and oxygen atoms in total. The molecule has 1 N–H and O–H groups in total. The van der Waals surface area contributed by atoms with Crippen LogP contribution in [-0.4, -0.2) is 36.4 Å². The van der Waals surface area contributed by atoms with Crippen LogP contribution in [0.15, 0.2) is 27.6 Å². The van der Waals surface area contributed by atoms with E-state index in [0.29, 0.717) is 10.0 Å². The number of sulfonamides is 1. The predicted molar refractivity (Wildman–Crippen MR) is 75.5 cm³/mol. The van der Waals surface area contributed by atoms with Crippen LogP contribution in [-0.2, 0) is 14.8 Å². The number of carboxylic acids is 1. The fourth-order valence-electron chi connectivity index (χ4n) is 1.67. The van der Waals surface area contributed by atoms with E-state index >= 15 is 0 Å². The van der Waals surface area contributed by atoms with Crippen molar-refractivity contribution < 1.29 is 18.3 Å². The topological polar surface area (TPSA) is 74.7 Å². The lowest BCUT2D eigenvalue weighted by molar-refractivity contribution is -0.137. The van der Waals surface area contributed by atoms with Gasteiger partial charge in [0.15, 0.2) is 0 Å². The number of carbonyl (C=O) groups is 1. The Morgan fingerprint density at radius 1 is 1.42 bits per heavy atom. The molecule has 1 aromatic rings. The van der Waals surface area contributed by atoms with E-state index in [9.17, 15) is 13.2 Å². The highest BCUT2D eigenvalue weighted by atomic mass is 79.9. The third-order valence-corrected chi connectivity index (χ3v) is 5.70. The Labute approximate surface area is 121 Å². The maximum Gasteiger partial charge on any atom is 0.318 e. The van der Waals surface area contributed by atoms with Gasteiger partial charge in [0, 0.05) is 10.5 Å². The second kappa shape index (κ2) is 6.02. The molecule has 19 heavy (non-hydrogen) atoms. The molecule has 0 aromatic heterocycles. The van der Waals surface area contributed by atoms with Crippen molar-refractivity contribution in [3.8, 4) is 0 Å². The van der Waals surface area contributed by atoms with Gasteiger partial charge in [-0.2, -0.15) is 4.31 Å². The minimum atomic E-state index is -3.83. The van der Waals surface area contributed by atoms with Crippen LogP contribution >= 0.6 is 15.9 Å². The minimum Gasteiger partial charge on any atom is -0.480 e. The molecule has 0 aliphatic rings. The zero-order valence-electron chi connectivity index (χ0n) is 10.9. The summed E-state index contributed by atoms with van der Waals surface area (Å²) in [4.78, 5) is 11.0. The lowest BCUT2D eigenvalue weighted by Gasteiger charge is -2.25. The van der Waals surface area contributed by atoms with Gasteiger partial charge in [0.2, 0.25) is 10.0 Å². The van der Waals surface area contributed by atoms with Gasteiger partial charge in [0.25, 0.3) is 0 Å². The van der Waals surface area contributed by atoms with Crippen molar-refractivity contribution in [1.29, 1.82) is 0 Å². The molecule has 0 amide bonds. The number of hydrogen-bond donors (Lipinski definition) is 1. The molecule has 0 radical (unpaired) electrons. The molecule has 0 fully saturated rings. The van der Waals surface area contributed by atoms with Gasteiger partial charge < -0.3 is 5.11 Å². The van der Waals surface area contributed by atoms with Gasteiger partial charge in [0.1, 0.15) is 6.54 Å². The molecule has 0 saturated carbocycles. The molecule has 106 valence electrons. The smallest absolute Gasteiger partial charge is 0.318 e. The Hall–Kier alpha value is -0.920. The van der Waals surface area contributed by atoms with Crippen LogP contribution in [0.3, 0.4) is 0 Å². The van der Waals surface area contributed by atoms with Gasteiger partial charge in [-0.05, 0) is 38.5 Å². The first-order valence-electron chi connectivity index (χ1n) is 5.66. The molecule has 0 heterocycles. The number of benzene rings is 1. The van der Waals surface area contributed by atoms with Gasteiger partial charge >= 0.3 is 5.97 Å². The number of rotatable bonds is 5. The maximum absolute atomic E-state index is 12.5. The summed E-state index contributed by atoms with van der Waals surface area (Å²) in [6, 6.07) is 4.40. The SMILES string of the molecule is Cc1c(Br)cccc1S(=O)(=O)N(CC(=O)O)C(C)C. The normalized spacial score (nSPS) is 12.1. The van der Waals surface area contributed by atoms with Crippen LogP contribution in [0.4, 0.5) is 0 Å². The van der Waals surface area contributed by atoms with Crippen molar-refractivity contribution in [3.63, 3.8) is 0 Å². The summed E-state index contributed by atoms with van der Waals surface area (Å²) in [7, 11) is -3.83. The van der Waals surface area contributed by atoms with Crippen LogP contribution < -0.4 is 0 Å². The summed E-state index contributed by atoms with van der Waals surface area (Å²) >= 11 is 3.28. The lowest BCUT2D eigenvalue weighted by Crippen LogP contribution is -2.40. The van der Waals surface area contributed by atoms with E-state index in [1.54, 1.807) is 32.9 Å². The molecule has 0 unspecified atom stereocenters. The minimum absolute atomic E-state index is 0.122. The van der Waals surface area contributed by atoms with E-state index in [1.807, 2.05) is 0 Å². The van der Waals surface area contributed by atoms with Gasteiger partial charge in [-0.3, -0.25) is 4.79 Å². The average Bonchev–Trinajstić information content (AvgIpc) is 2.28. The van der Waals surface area contributed by atoms with E-state index in [2.05, 4.69) is 15.9 Å². The van der Waals surface area contributed by atoms with Crippen molar-refractivity contribution in [1.82, 2.24) is 4.31 Å². The molecule has 0 atom stereocenters. The van der Waals surface area contributed by atoms with Crippen molar-refractivity contribution in [2.24, 2.45) is 0 Å². The van der Waals surface area contributed by atoms with Crippen LogP contribution in [0.1, 0.15) is 19.4 Å². The average molecular weight is 350 g/mol. The molecular formula is C12H16BrNO4S. The Morgan fingerprint density at radius 2 is 2.00 bits per heavy atom. The van der Waals surface area contributed by atoms with E-state index in [4.69, 9.17) is 5.11 Å². The zero-order valence-corrected chi connectivity index (χ0v) is 13.3. The van der Waals surface area contributed by atoms with E-state index in [1.165, 1.54) is 6.07 Å². The summed E-state index contributed by atoms with van der Waals surface area (Å²) < 4.78 is 26.7. The third-order valence-electron chi connectivity index (χ3n) is 2.67. The first kappa shape index (κ1) is 16.1. The van der Waals surface area contributed by atoms with Gasteiger partial charge in [-0.25, -0.2) is 8.42 Å². The quantitative estimate of drug-likeness (QED) is 0.884. The van der Waals surface area contributed by atoms with Gasteiger partial charge in [-0.1, -0.05) is 22.0 Å². The number of hydrogen-bond acceptors (Lipinski definition) is 3. The van der Waals surface area contributed by atoms with E-state index in [0.717, 1.165) is 4.31 Å². The summed E-state index contributed by atoms with van der Waals surface area (Å²) in [6.07, 6.45) is 0. The molecule has 0 saturated heterocycles. The predicted octanol–water partition coefficient (Wildman–Crippen LogP) is 2.24. The highest BCUT2D eigenvalue weighted by Gasteiger charge is 2.30. The molecule has 0 aliphatic heterocycles. The van der Waals surface area contributed by atoms with Gasteiger partial charge in [-0.15, -0.1) is 0 Å². The molecular weight excluding hydrogens is 334 g/mol. The van der Waals surface area contributed by atoms with Gasteiger partial charge in [0.05, 0.1) is 4.90 Å². The van der Waals surface area contributed by atoms with Crippen molar-refractivity contribution in [2.75, 3.05) is 6.54 Å². The van der Waals surface area contributed by atoms with Crippen molar-refractivity contribution in [3.05, 3.63) is 28.2 Å². The molecule has 7 heteroatoms. The van der Waals surface area contributed by atoms with Crippen molar-refractivity contribution >= 4 is 31.9 Å². The van der Waals surface area contributed by atoms with Crippen LogP contribution in [0.2, 0.25) is 0 Å². The monoisotopic (exact) mass is 349 g/mol. The lowest BCUT2D eigenvalue weighted by atomic mass is 10.2. The number of aliphatic carboxylic acids is 1. The maximum atomic E-state index is 12.5. The Balaban J connectivity index is 3.35. The summed E-state index contributed by atoms with van der Waals surface area (Å²) in [6.45, 7) is 4.42. The Kier molecular flexibility index (Phi) is 5.11. The third kappa shape index (κ3) is 3.55. The van der Waals surface area contributed by atoms with Crippen LogP contribution in [0.25, 0.3) is 0 Å². The Bertz CT molecular complexity index is 583. The highest BCUT2D eigenvalue weighted by Crippen LogP contribution is 2.26. The zero-order chi connectivity index (χ0) is 14.8. The number of halogens is 1. The first-order valence-corrected chi connectivity index (χ1v) is 7.90. The molecule has 1 aromatic carbocycles. The van der Waals surface area contributed by atoms with E-state index < -0.39 is 28.6 Å². The first-order chi connectivity index (χ1) is 8.67. The summed E-state index contributed by atoms with van der Waals surface area (Å²) in [5.74, 6) is -1.18. The number of carboxylic acid groups (broad SMARTS) is 1. The fourth-order valence-corrected chi connectivity index (χ4v) is 4.00. The fraction of sp³-hybridized carbons (Fsp3) is 0.417. The van der Waals surface area contributed by atoms with Crippen molar-refractivity contribution in [2.45, 2.75) is 31.7 Å². The standard InChI is InChI=1S/C12H16BrNO4S/c1-8(2)14(7-12(15)16)19(17,18)11-6-4-5-10(13)9(11)3/h4-6,8H,7H2,1-3H3,(H,15,16). The molecule has 1 rings (SSSR count). The molecule has 0 bridgehead atoms. The largest absolute Gasteiger partial charge is 0.480 e. The molecule has 0 aliphatic carbocycles. The highest BCUT2D eigenvalue weighted by molar-refractivity contribution is 9.10. The summed E-state index contributed by atoms with van der Waals surface area (Å²) in [5.41, 5.74) is 0.568. The van der Waals surface area contributed by atoms with Crippen LogP contribution in [0.5, 0.6) is 0 Å². The van der Waals surface area contributed by atoms with E-state index in [-0.39, 0.29) is 4.90 Å². The number of nitrogens with zero attached hydrogens (tertiary/aromatic N) is 1. The second-order valence-electron chi connectivity index (χ2n) is 4.40. The second-order valence-corrected chi connectivity index (χ2v) is 7.11. The summed E-state index contributed by atoms with van der Waals surface area (Å²) in [5, 5.41) is 8.85. The molecule has 0 spiro atoms.